The molecule has 3 atom stereocenters. The Morgan fingerprint density at radius 3 is 2.44 bits per heavy atom. The van der Waals surface area contributed by atoms with Gasteiger partial charge in [0.05, 0.1) is 0 Å². The molecule has 0 spiro atoms. The molecule has 2 aliphatic heterocycles. The van der Waals surface area contributed by atoms with Crippen molar-refractivity contribution in [1.29, 1.82) is 0 Å². The lowest BCUT2D eigenvalue weighted by Crippen LogP contribution is -2.50. The minimum absolute atomic E-state index is 0.0341. The predicted molar refractivity (Wildman–Crippen MR) is 135 cm³/mol. The summed E-state index contributed by atoms with van der Waals surface area (Å²) in [5.74, 6) is 0.571. The Hall–Kier alpha value is -3.44. The summed E-state index contributed by atoms with van der Waals surface area (Å²) in [4.78, 5) is 21.5. The van der Waals surface area contributed by atoms with Crippen LogP contribution < -0.4 is 5.32 Å². The van der Waals surface area contributed by atoms with Gasteiger partial charge in [-0.15, -0.1) is 0 Å². The van der Waals surface area contributed by atoms with Gasteiger partial charge < -0.3 is 15.0 Å². The van der Waals surface area contributed by atoms with Crippen molar-refractivity contribution >= 4 is 11.8 Å². The molecule has 5 rings (SSSR count). The summed E-state index contributed by atoms with van der Waals surface area (Å²) in [6.07, 6.45) is 0.880. The Balaban J connectivity index is 1.65. The number of benzene rings is 3. The van der Waals surface area contributed by atoms with E-state index in [0.29, 0.717) is 31.4 Å². The Morgan fingerprint density at radius 2 is 1.71 bits per heavy atom. The van der Waals surface area contributed by atoms with Crippen LogP contribution >= 0.6 is 0 Å². The average molecular weight is 454 g/mol. The Labute approximate surface area is 201 Å². The standard InChI is InChI=1S/C29H31N3O2/c1-21(30-2)17-18-32-20-24-15-9-10-16-25(24)26-29(28(32)33,19-22-11-5-3-6-12-22)31-27(34-26)23-13-7-4-8-14-23/h3-16,21,26,30H,17-20H2,1-2H3/t21?,26-,29-/m0/s1. The monoisotopic (exact) mass is 453 g/mol. The Bertz CT molecular complexity index is 1180. The number of carbonyl (C=O) groups is 1. The molecule has 1 unspecified atom stereocenters. The molecule has 5 heteroatoms. The zero-order chi connectivity index (χ0) is 23.5. The largest absolute Gasteiger partial charge is 0.466 e. The van der Waals surface area contributed by atoms with Gasteiger partial charge >= 0.3 is 0 Å². The van der Waals surface area contributed by atoms with E-state index in [4.69, 9.17) is 9.73 Å². The molecule has 3 aromatic carbocycles. The molecule has 3 aromatic rings. The van der Waals surface area contributed by atoms with Gasteiger partial charge in [0.1, 0.15) is 0 Å². The molecular weight excluding hydrogens is 422 g/mol. The van der Waals surface area contributed by atoms with E-state index in [1.165, 1.54) is 0 Å². The van der Waals surface area contributed by atoms with Gasteiger partial charge in [0.25, 0.3) is 5.91 Å². The molecule has 0 saturated heterocycles. The van der Waals surface area contributed by atoms with E-state index in [9.17, 15) is 4.79 Å². The summed E-state index contributed by atoms with van der Waals surface area (Å²) in [7, 11) is 1.96. The third kappa shape index (κ3) is 4.12. The number of hydrogen-bond donors (Lipinski definition) is 1. The number of rotatable bonds is 7. The van der Waals surface area contributed by atoms with Crippen molar-refractivity contribution in [2.24, 2.45) is 4.99 Å². The van der Waals surface area contributed by atoms with E-state index in [1.807, 2.05) is 72.6 Å². The summed E-state index contributed by atoms with van der Waals surface area (Å²) in [5.41, 5.74) is 3.08. The van der Waals surface area contributed by atoms with Crippen LogP contribution in [0, 0.1) is 0 Å². The van der Waals surface area contributed by atoms with Crippen LogP contribution in [-0.4, -0.2) is 41.9 Å². The van der Waals surface area contributed by atoms with Gasteiger partial charge in [-0.1, -0.05) is 72.8 Å². The van der Waals surface area contributed by atoms with Crippen LogP contribution in [0.4, 0.5) is 0 Å². The van der Waals surface area contributed by atoms with Crippen molar-refractivity contribution in [3.63, 3.8) is 0 Å². The van der Waals surface area contributed by atoms with E-state index >= 15 is 0 Å². The molecule has 34 heavy (non-hydrogen) atoms. The number of carbonyl (C=O) groups excluding carboxylic acids is 1. The predicted octanol–water partition coefficient (Wildman–Crippen LogP) is 4.53. The van der Waals surface area contributed by atoms with Gasteiger partial charge in [-0.05, 0) is 43.7 Å². The molecule has 0 bridgehead atoms. The number of ether oxygens (including phenoxy) is 1. The highest BCUT2D eigenvalue weighted by atomic mass is 16.5. The van der Waals surface area contributed by atoms with Gasteiger partial charge in [-0.3, -0.25) is 4.79 Å². The van der Waals surface area contributed by atoms with Crippen molar-refractivity contribution in [3.8, 4) is 0 Å². The van der Waals surface area contributed by atoms with Crippen LogP contribution in [-0.2, 0) is 22.5 Å². The molecule has 2 heterocycles. The summed E-state index contributed by atoms with van der Waals surface area (Å²) < 4.78 is 6.59. The Morgan fingerprint density at radius 1 is 1.03 bits per heavy atom. The van der Waals surface area contributed by atoms with Crippen LogP contribution in [0.3, 0.4) is 0 Å². The molecule has 0 fully saturated rings. The lowest BCUT2D eigenvalue weighted by molar-refractivity contribution is -0.139. The molecule has 174 valence electrons. The molecule has 2 aliphatic rings. The van der Waals surface area contributed by atoms with Gasteiger partial charge in [-0.2, -0.15) is 0 Å². The van der Waals surface area contributed by atoms with E-state index in [1.54, 1.807) is 0 Å². The van der Waals surface area contributed by atoms with Crippen LogP contribution in [0.2, 0.25) is 0 Å². The van der Waals surface area contributed by atoms with E-state index < -0.39 is 11.6 Å². The first-order valence-corrected chi connectivity index (χ1v) is 12.0. The fourth-order valence-electron chi connectivity index (χ4n) is 4.94. The highest BCUT2D eigenvalue weighted by Crippen LogP contribution is 2.46. The number of hydrogen-bond acceptors (Lipinski definition) is 4. The second-order valence-electron chi connectivity index (χ2n) is 9.27. The smallest absolute Gasteiger partial charge is 0.255 e. The SMILES string of the molecule is CNC(C)CCN1Cc2ccccc2[C@@H]2OC(c3ccccc3)=N[C@]2(Cc2ccccc2)C1=O. The molecule has 1 amide bonds. The molecule has 0 aliphatic carbocycles. The van der Waals surface area contributed by atoms with Crippen LogP contribution in [0.25, 0.3) is 0 Å². The molecule has 0 radical (unpaired) electrons. The van der Waals surface area contributed by atoms with Gasteiger partial charge in [0.15, 0.2) is 11.6 Å². The number of fused-ring (bicyclic) bond motifs is 3. The summed E-state index contributed by atoms with van der Waals surface area (Å²) in [5, 5.41) is 3.29. The normalized spacial score (nSPS) is 22.3. The van der Waals surface area contributed by atoms with Gasteiger partial charge in [0, 0.05) is 36.7 Å². The van der Waals surface area contributed by atoms with Crippen LogP contribution in [0.5, 0.6) is 0 Å². The highest BCUT2D eigenvalue weighted by Gasteiger charge is 2.56. The molecule has 5 nitrogen and oxygen atoms in total. The molecular formula is C29H31N3O2. The van der Waals surface area contributed by atoms with Crippen LogP contribution in [0.1, 0.15) is 41.7 Å². The second kappa shape index (κ2) is 9.43. The van der Waals surface area contributed by atoms with E-state index in [2.05, 4.69) is 36.5 Å². The number of nitrogens with one attached hydrogen (secondary N) is 1. The van der Waals surface area contributed by atoms with Crippen LogP contribution in [0.15, 0.2) is 89.9 Å². The average Bonchev–Trinajstić information content (AvgIpc) is 3.23. The minimum Gasteiger partial charge on any atom is -0.466 e. The first kappa shape index (κ1) is 22.4. The van der Waals surface area contributed by atoms with Crippen molar-refractivity contribution in [3.05, 3.63) is 107 Å². The number of aliphatic imine (C=N–C) groups is 1. The number of nitrogens with zero attached hydrogens (tertiary/aromatic N) is 2. The van der Waals surface area contributed by atoms with Crippen molar-refractivity contribution in [1.82, 2.24) is 10.2 Å². The van der Waals surface area contributed by atoms with Gasteiger partial charge in [0.2, 0.25) is 5.90 Å². The first-order valence-electron chi connectivity index (χ1n) is 12.0. The van der Waals surface area contributed by atoms with E-state index in [0.717, 1.165) is 28.7 Å². The fraction of sp³-hybridized carbons (Fsp3) is 0.310. The lowest BCUT2D eigenvalue weighted by Gasteiger charge is -2.33. The Kier molecular flexibility index (Phi) is 6.20. The second-order valence-corrected chi connectivity index (χ2v) is 9.27. The summed E-state index contributed by atoms with van der Waals surface area (Å²) in [6, 6.07) is 28.6. The number of amides is 1. The van der Waals surface area contributed by atoms with E-state index in [-0.39, 0.29) is 5.91 Å². The zero-order valence-corrected chi connectivity index (χ0v) is 19.8. The topological polar surface area (TPSA) is 53.9 Å². The van der Waals surface area contributed by atoms with Gasteiger partial charge in [-0.25, -0.2) is 4.99 Å². The maximum Gasteiger partial charge on any atom is 0.255 e. The van der Waals surface area contributed by atoms with Crippen molar-refractivity contribution < 1.29 is 9.53 Å². The maximum absolute atomic E-state index is 14.4. The summed E-state index contributed by atoms with van der Waals surface area (Å²) in [6.45, 7) is 3.37. The zero-order valence-electron chi connectivity index (χ0n) is 19.8. The summed E-state index contributed by atoms with van der Waals surface area (Å²) >= 11 is 0. The molecule has 0 saturated carbocycles. The highest BCUT2D eigenvalue weighted by molar-refractivity contribution is 6.01. The molecule has 1 N–H and O–H groups in total. The molecule has 0 aromatic heterocycles. The third-order valence-corrected chi connectivity index (χ3v) is 6.98. The minimum atomic E-state index is -1.05. The maximum atomic E-state index is 14.4. The first-order chi connectivity index (χ1) is 16.6. The van der Waals surface area contributed by atoms with Crippen molar-refractivity contribution in [2.75, 3.05) is 13.6 Å². The van der Waals surface area contributed by atoms with Crippen molar-refractivity contribution in [2.45, 2.75) is 44.0 Å². The quantitative estimate of drug-likeness (QED) is 0.572. The fourth-order valence-corrected chi connectivity index (χ4v) is 4.94. The lowest BCUT2D eigenvalue weighted by atomic mass is 9.81. The third-order valence-electron chi connectivity index (χ3n) is 6.98.